The van der Waals surface area contributed by atoms with Crippen LogP contribution in [0.5, 0.6) is 11.5 Å². The van der Waals surface area contributed by atoms with E-state index in [2.05, 4.69) is 29.3 Å². The fourth-order valence-electron chi connectivity index (χ4n) is 3.20. The summed E-state index contributed by atoms with van der Waals surface area (Å²) in [5.41, 5.74) is 3.18. The number of carbonyl (C=O) groups excluding carboxylic acids is 1. The Bertz CT molecular complexity index is 760. The van der Waals surface area contributed by atoms with Gasteiger partial charge in [-0.1, -0.05) is 18.2 Å². The van der Waals surface area contributed by atoms with Crippen LogP contribution in [-0.4, -0.2) is 25.3 Å². The summed E-state index contributed by atoms with van der Waals surface area (Å²) in [5.74, 6) is 1.35. The van der Waals surface area contributed by atoms with Gasteiger partial charge in [-0.3, -0.25) is 4.79 Å². The molecule has 0 unspecified atom stereocenters. The van der Waals surface area contributed by atoms with Gasteiger partial charge in [-0.2, -0.15) is 0 Å². The number of para-hydroxylation sites is 1. The lowest BCUT2D eigenvalue weighted by Crippen LogP contribution is -2.37. The smallest absolute Gasteiger partial charge is 0.243 e. The van der Waals surface area contributed by atoms with Crippen LogP contribution in [-0.2, 0) is 11.2 Å². The van der Waals surface area contributed by atoms with Crippen LogP contribution in [0.4, 0.5) is 11.4 Å². The van der Waals surface area contributed by atoms with Crippen molar-refractivity contribution in [3.8, 4) is 11.5 Å². The highest BCUT2D eigenvalue weighted by molar-refractivity contribution is 5.94. The highest BCUT2D eigenvalue weighted by Crippen LogP contribution is 2.34. The van der Waals surface area contributed by atoms with Crippen LogP contribution in [0.3, 0.4) is 0 Å². The fraction of sp³-hybridized carbons (Fsp3) is 0.278. The third-order valence-electron chi connectivity index (χ3n) is 4.32. The minimum absolute atomic E-state index is 0.0348. The lowest BCUT2D eigenvalue weighted by atomic mass is 10.1. The van der Waals surface area contributed by atoms with E-state index in [0.29, 0.717) is 24.1 Å². The molecule has 0 radical (unpaired) electrons. The second-order valence-electron chi connectivity index (χ2n) is 5.93. The number of ether oxygens (including phenoxy) is 2. The van der Waals surface area contributed by atoms with E-state index in [1.54, 1.807) is 6.07 Å². The number of fused-ring (bicyclic) bond motifs is 2. The third kappa shape index (κ3) is 2.59. The number of nitrogens with one attached hydrogen (secondary N) is 1. The van der Waals surface area contributed by atoms with Gasteiger partial charge in [0.1, 0.15) is 0 Å². The lowest BCUT2D eigenvalue weighted by molar-refractivity contribution is -0.115. The zero-order valence-electron chi connectivity index (χ0n) is 12.9. The summed E-state index contributed by atoms with van der Waals surface area (Å²) in [4.78, 5) is 14.5. The molecule has 1 atom stereocenters. The first-order valence-corrected chi connectivity index (χ1v) is 7.75. The van der Waals surface area contributed by atoms with Crippen LogP contribution < -0.4 is 19.7 Å². The van der Waals surface area contributed by atoms with Crippen LogP contribution in [0.1, 0.15) is 12.5 Å². The van der Waals surface area contributed by atoms with E-state index in [4.69, 9.17) is 9.47 Å². The molecule has 0 saturated heterocycles. The Kier molecular flexibility index (Phi) is 3.33. The molecule has 0 spiro atoms. The number of carbonyl (C=O) groups is 1. The average molecular weight is 310 g/mol. The number of amides is 1. The van der Waals surface area contributed by atoms with E-state index < -0.39 is 0 Å². The highest BCUT2D eigenvalue weighted by Gasteiger charge is 2.27. The van der Waals surface area contributed by atoms with Gasteiger partial charge in [0.05, 0.1) is 6.54 Å². The fourth-order valence-corrected chi connectivity index (χ4v) is 3.20. The number of hydrogen-bond donors (Lipinski definition) is 1. The van der Waals surface area contributed by atoms with Crippen LogP contribution >= 0.6 is 0 Å². The Hall–Kier alpha value is -2.69. The van der Waals surface area contributed by atoms with Crippen LogP contribution in [0.2, 0.25) is 0 Å². The molecule has 0 bridgehead atoms. The first-order chi connectivity index (χ1) is 11.2. The molecular formula is C18H18N2O3. The number of hydrogen-bond acceptors (Lipinski definition) is 4. The van der Waals surface area contributed by atoms with Gasteiger partial charge in [0.15, 0.2) is 11.5 Å². The normalized spacial score (nSPS) is 18.0. The second kappa shape index (κ2) is 5.50. The molecule has 23 heavy (non-hydrogen) atoms. The maximum absolute atomic E-state index is 12.4. The SMILES string of the molecule is C[C@H]1Cc2ccccc2N1CC(=O)Nc1ccc2c(c1)OCO2. The van der Waals surface area contributed by atoms with Crippen LogP contribution in [0, 0.1) is 0 Å². The molecular weight excluding hydrogens is 292 g/mol. The summed E-state index contributed by atoms with van der Waals surface area (Å²) in [6.45, 7) is 2.72. The molecule has 0 fully saturated rings. The highest BCUT2D eigenvalue weighted by atomic mass is 16.7. The average Bonchev–Trinajstić information content (AvgIpc) is 3.12. The summed E-state index contributed by atoms with van der Waals surface area (Å²) in [6, 6.07) is 14.0. The van der Waals surface area contributed by atoms with Crippen molar-refractivity contribution in [3.63, 3.8) is 0 Å². The number of nitrogens with zero attached hydrogens (tertiary/aromatic N) is 1. The molecule has 1 amide bonds. The maximum atomic E-state index is 12.4. The topological polar surface area (TPSA) is 50.8 Å². The third-order valence-corrected chi connectivity index (χ3v) is 4.32. The molecule has 2 aliphatic rings. The van der Waals surface area contributed by atoms with Crippen molar-refractivity contribution < 1.29 is 14.3 Å². The number of anilines is 2. The predicted molar refractivity (Wildman–Crippen MR) is 88.1 cm³/mol. The summed E-state index contributed by atoms with van der Waals surface area (Å²) in [5, 5.41) is 2.93. The molecule has 4 rings (SSSR count). The standard InChI is InChI=1S/C18H18N2O3/c1-12-8-13-4-2-3-5-15(13)20(12)10-18(21)19-14-6-7-16-17(9-14)23-11-22-16/h2-7,9,12H,8,10-11H2,1H3,(H,19,21)/t12-/m0/s1. The summed E-state index contributed by atoms with van der Waals surface area (Å²) in [7, 11) is 0. The van der Waals surface area contributed by atoms with Crippen molar-refractivity contribution in [3.05, 3.63) is 48.0 Å². The zero-order valence-corrected chi connectivity index (χ0v) is 12.9. The van der Waals surface area contributed by atoms with Gasteiger partial charge in [-0.15, -0.1) is 0 Å². The Labute approximate surface area is 134 Å². The molecule has 2 aliphatic heterocycles. The second-order valence-corrected chi connectivity index (χ2v) is 5.93. The molecule has 2 heterocycles. The first-order valence-electron chi connectivity index (χ1n) is 7.75. The summed E-state index contributed by atoms with van der Waals surface area (Å²) in [6.07, 6.45) is 0.980. The number of rotatable bonds is 3. The molecule has 118 valence electrons. The van der Waals surface area contributed by atoms with Gasteiger partial charge in [0.2, 0.25) is 12.7 Å². The van der Waals surface area contributed by atoms with Gasteiger partial charge >= 0.3 is 0 Å². The Morgan fingerprint density at radius 1 is 1.22 bits per heavy atom. The minimum atomic E-state index is -0.0348. The Balaban J connectivity index is 1.46. The van der Waals surface area contributed by atoms with Gasteiger partial charge in [0, 0.05) is 23.5 Å². The Morgan fingerprint density at radius 3 is 2.96 bits per heavy atom. The van der Waals surface area contributed by atoms with E-state index in [-0.39, 0.29) is 12.7 Å². The van der Waals surface area contributed by atoms with E-state index in [1.165, 1.54) is 5.56 Å². The maximum Gasteiger partial charge on any atom is 0.243 e. The van der Waals surface area contributed by atoms with Gasteiger partial charge < -0.3 is 19.7 Å². The van der Waals surface area contributed by atoms with Crippen molar-refractivity contribution in [1.82, 2.24) is 0 Å². The van der Waals surface area contributed by atoms with E-state index in [0.717, 1.165) is 17.8 Å². The van der Waals surface area contributed by atoms with E-state index in [9.17, 15) is 4.79 Å². The van der Waals surface area contributed by atoms with Crippen molar-refractivity contribution >= 4 is 17.3 Å². The first kappa shape index (κ1) is 13.9. The van der Waals surface area contributed by atoms with E-state index in [1.807, 2.05) is 24.3 Å². The van der Waals surface area contributed by atoms with E-state index >= 15 is 0 Å². The lowest BCUT2D eigenvalue weighted by Gasteiger charge is -2.24. The molecule has 2 aromatic rings. The largest absolute Gasteiger partial charge is 0.454 e. The monoisotopic (exact) mass is 310 g/mol. The summed E-state index contributed by atoms with van der Waals surface area (Å²) < 4.78 is 10.6. The molecule has 1 N–H and O–H groups in total. The van der Waals surface area contributed by atoms with Crippen LogP contribution in [0.15, 0.2) is 42.5 Å². The number of benzene rings is 2. The minimum Gasteiger partial charge on any atom is -0.454 e. The van der Waals surface area contributed by atoms with Crippen molar-refractivity contribution in [2.75, 3.05) is 23.6 Å². The van der Waals surface area contributed by atoms with Gasteiger partial charge in [-0.25, -0.2) is 0 Å². The summed E-state index contributed by atoms with van der Waals surface area (Å²) >= 11 is 0. The molecule has 0 aliphatic carbocycles. The molecule has 0 aromatic heterocycles. The van der Waals surface area contributed by atoms with Gasteiger partial charge in [0.25, 0.3) is 0 Å². The zero-order chi connectivity index (χ0) is 15.8. The molecule has 2 aromatic carbocycles. The Morgan fingerprint density at radius 2 is 2.04 bits per heavy atom. The molecule has 0 saturated carbocycles. The molecule has 5 nitrogen and oxygen atoms in total. The van der Waals surface area contributed by atoms with Crippen molar-refractivity contribution in [1.29, 1.82) is 0 Å². The quantitative estimate of drug-likeness (QED) is 0.947. The molecule has 5 heteroatoms. The van der Waals surface area contributed by atoms with Crippen molar-refractivity contribution in [2.24, 2.45) is 0 Å². The van der Waals surface area contributed by atoms with Gasteiger partial charge in [-0.05, 0) is 37.1 Å². The van der Waals surface area contributed by atoms with Crippen LogP contribution in [0.25, 0.3) is 0 Å². The van der Waals surface area contributed by atoms with Crippen molar-refractivity contribution in [2.45, 2.75) is 19.4 Å². The predicted octanol–water partition coefficient (Wildman–Crippen LogP) is 2.81.